The van der Waals surface area contributed by atoms with E-state index < -0.39 is 5.44 Å². The first-order valence-electron chi connectivity index (χ1n) is 7.21. The third kappa shape index (κ3) is 3.80. The van der Waals surface area contributed by atoms with Gasteiger partial charge < -0.3 is 4.74 Å². The third-order valence-corrected chi connectivity index (χ3v) is 5.49. The van der Waals surface area contributed by atoms with Gasteiger partial charge in [-0.25, -0.2) is 4.98 Å². The summed E-state index contributed by atoms with van der Waals surface area (Å²) in [4.78, 5) is 30.9. The lowest BCUT2D eigenvalue weighted by molar-refractivity contribution is -0.134. The molecule has 1 fully saturated rings. The van der Waals surface area contributed by atoms with Crippen molar-refractivity contribution >= 4 is 34.2 Å². The van der Waals surface area contributed by atoms with Crippen LogP contribution in [0.3, 0.4) is 0 Å². The Hall–Kier alpha value is -1.70. The monoisotopic (exact) mass is 348 g/mol. The van der Waals surface area contributed by atoms with Gasteiger partial charge in [0.15, 0.2) is 5.44 Å². The Labute approximate surface area is 142 Å². The molecule has 1 aromatic heterocycles. The zero-order chi connectivity index (χ0) is 16.2. The largest absolute Gasteiger partial charge is 0.357 e. The summed E-state index contributed by atoms with van der Waals surface area (Å²) in [6, 6.07) is 9.47. The maximum atomic E-state index is 12.3. The Kier molecular flexibility index (Phi) is 5.09. The number of rotatable bonds is 6. The topological polar surface area (TPSA) is 59.5 Å². The second kappa shape index (κ2) is 7.25. The van der Waals surface area contributed by atoms with Gasteiger partial charge in [-0.3, -0.25) is 14.5 Å². The Morgan fingerprint density at radius 1 is 1.26 bits per heavy atom. The number of imide groups is 1. The van der Waals surface area contributed by atoms with Crippen LogP contribution < -0.4 is 0 Å². The van der Waals surface area contributed by atoms with Crippen molar-refractivity contribution < 1.29 is 14.3 Å². The number of hydrogen-bond donors (Lipinski definition) is 0. The van der Waals surface area contributed by atoms with Crippen molar-refractivity contribution in [3.05, 3.63) is 52.0 Å². The van der Waals surface area contributed by atoms with E-state index >= 15 is 0 Å². The van der Waals surface area contributed by atoms with E-state index in [1.54, 1.807) is 16.8 Å². The first-order valence-corrected chi connectivity index (χ1v) is 8.97. The summed E-state index contributed by atoms with van der Waals surface area (Å²) in [5, 5.41) is -0.252. The van der Waals surface area contributed by atoms with E-state index in [1.807, 2.05) is 37.3 Å². The van der Waals surface area contributed by atoms with Gasteiger partial charge in [0.1, 0.15) is 0 Å². The van der Waals surface area contributed by atoms with Crippen LogP contribution in [0.2, 0.25) is 0 Å². The van der Waals surface area contributed by atoms with Gasteiger partial charge >= 0.3 is 0 Å². The van der Waals surface area contributed by atoms with Gasteiger partial charge in [-0.2, -0.15) is 0 Å². The molecule has 1 atom stereocenters. The number of aryl methyl sites for hydroxylation is 1. The molecule has 2 heterocycles. The van der Waals surface area contributed by atoms with Crippen LogP contribution in [0, 0.1) is 6.92 Å². The van der Waals surface area contributed by atoms with E-state index in [9.17, 15) is 9.59 Å². The Balaban J connectivity index is 1.55. The highest BCUT2D eigenvalue weighted by Crippen LogP contribution is 2.29. The summed E-state index contributed by atoms with van der Waals surface area (Å²) in [5.74, 6) is -0.273. The summed E-state index contributed by atoms with van der Waals surface area (Å²) < 4.78 is 5.61. The minimum Gasteiger partial charge on any atom is -0.357 e. The van der Waals surface area contributed by atoms with Gasteiger partial charge in [0.05, 0.1) is 24.4 Å². The van der Waals surface area contributed by atoms with Gasteiger partial charge in [0.2, 0.25) is 0 Å². The molecule has 0 saturated carbocycles. The van der Waals surface area contributed by atoms with Crippen LogP contribution in [0.25, 0.3) is 0 Å². The summed E-state index contributed by atoms with van der Waals surface area (Å²) in [6.45, 7) is 2.64. The number of carbonyl (C=O) groups excluding carboxylic acids is 2. The molecule has 0 spiro atoms. The van der Waals surface area contributed by atoms with Crippen LogP contribution in [0.15, 0.2) is 35.8 Å². The highest BCUT2D eigenvalue weighted by Gasteiger charge is 2.40. The fraction of sp³-hybridized carbons (Fsp3) is 0.312. The number of carbonyl (C=O) groups is 2. The van der Waals surface area contributed by atoms with Crippen LogP contribution in [-0.4, -0.2) is 33.1 Å². The average Bonchev–Trinajstić information content (AvgIpc) is 3.07. The number of ether oxygens (including phenoxy) is 1. The molecule has 0 aliphatic carbocycles. The van der Waals surface area contributed by atoms with Crippen LogP contribution in [0.4, 0.5) is 4.79 Å². The molecular weight excluding hydrogens is 332 g/mol. The van der Waals surface area contributed by atoms with Crippen molar-refractivity contribution in [2.75, 3.05) is 6.61 Å². The Bertz CT molecular complexity index is 702. The third-order valence-electron chi connectivity index (χ3n) is 3.52. The van der Waals surface area contributed by atoms with Crippen LogP contribution in [0.1, 0.15) is 16.1 Å². The molecule has 3 rings (SSSR count). The molecule has 1 saturated heterocycles. The molecule has 5 nitrogen and oxygen atoms in total. The fourth-order valence-electron chi connectivity index (χ4n) is 2.26. The Morgan fingerprint density at radius 2 is 2.04 bits per heavy atom. The molecule has 0 bridgehead atoms. The standard InChI is InChI=1S/C16H16N2O3S2/c1-11-13(22-10-17-11)7-8-21-15-14(19)18(16(20)23-15)9-12-5-3-2-4-6-12/h2-6,10,15H,7-9H2,1H3. The number of thioether (sulfide) groups is 1. The highest BCUT2D eigenvalue weighted by molar-refractivity contribution is 8.15. The maximum absolute atomic E-state index is 12.3. The van der Waals surface area contributed by atoms with E-state index in [2.05, 4.69) is 4.98 Å². The van der Waals surface area contributed by atoms with Gasteiger partial charge in [0.25, 0.3) is 11.1 Å². The molecule has 120 valence electrons. The molecule has 7 heteroatoms. The first kappa shape index (κ1) is 16.2. The summed E-state index contributed by atoms with van der Waals surface area (Å²) in [7, 11) is 0. The van der Waals surface area contributed by atoms with E-state index in [4.69, 9.17) is 4.74 Å². The number of benzene rings is 1. The van der Waals surface area contributed by atoms with E-state index in [0.717, 1.165) is 27.9 Å². The molecule has 2 amide bonds. The minimum atomic E-state index is -0.737. The van der Waals surface area contributed by atoms with Crippen molar-refractivity contribution in [3.8, 4) is 0 Å². The predicted molar refractivity (Wildman–Crippen MR) is 90.3 cm³/mol. The summed E-state index contributed by atoms with van der Waals surface area (Å²) in [6.07, 6.45) is 0.702. The molecule has 0 N–H and O–H groups in total. The Morgan fingerprint density at radius 3 is 2.74 bits per heavy atom. The molecule has 1 aromatic carbocycles. The van der Waals surface area contributed by atoms with E-state index in [0.29, 0.717) is 19.6 Å². The number of aromatic nitrogens is 1. The van der Waals surface area contributed by atoms with Crippen molar-refractivity contribution in [1.82, 2.24) is 9.88 Å². The molecule has 2 aromatic rings. The smallest absolute Gasteiger partial charge is 0.291 e. The second-order valence-electron chi connectivity index (χ2n) is 5.11. The zero-order valence-corrected chi connectivity index (χ0v) is 14.2. The summed E-state index contributed by atoms with van der Waals surface area (Å²) >= 11 is 2.52. The highest BCUT2D eigenvalue weighted by atomic mass is 32.2. The molecule has 1 aliphatic heterocycles. The quantitative estimate of drug-likeness (QED) is 0.802. The summed E-state index contributed by atoms with van der Waals surface area (Å²) in [5.41, 5.74) is 2.98. The van der Waals surface area contributed by atoms with E-state index in [-0.39, 0.29) is 11.1 Å². The van der Waals surface area contributed by atoms with Gasteiger partial charge in [-0.1, -0.05) is 30.3 Å². The SMILES string of the molecule is Cc1ncsc1CCOC1SC(=O)N(Cc2ccccc2)C1=O. The number of nitrogens with zero attached hydrogens (tertiary/aromatic N) is 2. The van der Waals surface area contributed by atoms with Crippen molar-refractivity contribution in [2.45, 2.75) is 25.3 Å². The van der Waals surface area contributed by atoms with E-state index in [1.165, 1.54) is 4.90 Å². The normalized spacial score (nSPS) is 18.0. The van der Waals surface area contributed by atoms with Gasteiger partial charge in [-0.15, -0.1) is 11.3 Å². The van der Waals surface area contributed by atoms with Crippen LogP contribution in [0.5, 0.6) is 0 Å². The van der Waals surface area contributed by atoms with Crippen LogP contribution >= 0.6 is 23.1 Å². The van der Waals surface area contributed by atoms with Gasteiger partial charge in [-0.05, 0) is 24.2 Å². The lowest BCUT2D eigenvalue weighted by Gasteiger charge is -2.14. The first-order chi connectivity index (χ1) is 11.1. The van der Waals surface area contributed by atoms with Gasteiger partial charge in [0, 0.05) is 11.3 Å². The molecule has 1 aliphatic rings. The minimum absolute atomic E-state index is 0.252. The fourth-order valence-corrected chi connectivity index (χ4v) is 3.88. The zero-order valence-electron chi connectivity index (χ0n) is 12.6. The van der Waals surface area contributed by atoms with Crippen molar-refractivity contribution in [3.63, 3.8) is 0 Å². The average molecular weight is 348 g/mol. The molecule has 23 heavy (non-hydrogen) atoms. The lowest BCUT2D eigenvalue weighted by atomic mass is 10.2. The van der Waals surface area contributed by atoms with Crippen LogP contribution in [-0.2, 0) is 22.5 Å². The maximum Gasteiger partial charge on any atom is 0.291 e. The second-order valence-corrected chi connectivity index (χ2v) is 7.06. The lowest BCUT2D eigenvalue weighted by Crippen LogP contribution is -2.32. The molecule has 1 unspecified atom stereocenters. The molecule has 0 radical (unpaired) electrons. The van der Waals surface area contributed by atoms with Crippen molar-refractivity contribution in [1.29, 1.82) is 0 Å². The number of amides is 2. The van der Waals surface area contributed by atoms with Crippen molar-refractivity contribution in [2.24, 2.45) is 0 Å². The number of thiazole rings is 1. The molecular formula is C16H16N2O3S2. The number of hydrogen-bond acceptors (Lipinski definition) is 6. The predicted octanol–water partition coefficient (Wildman–Crippen LogP) is 3.23.